The molecule has 5 heteroatoms. The fourth-order valence-corrected chi connectivity index (χ4v) is 2.68. The van der Waals surface area contributed by atoms with Crippen molar-refractivity contribution in [3.8, 4) is 0 Å². The first-order valence-electron chi connectivity index (χ1n) is 4.72. The Hall–Kier alpha value is -0.520. The highest BCUT2D eigenvalue weighted by atomic mass is 32.2. The molecule has 0 bridgehead atoms. The second-order valence-electron chi connectivity index (χ2n) is 3.22. The van der Waals surface area contributed by atoms with Crippen LogP contribution in [0.3, 0.4) is 0 Å². The SMILES string of the molecule is CC(CO)NC(=O)CSCc1cccs1. The largest absolute Gasteiger partial charge is 0.394 e. The summed E-state index contributed by atoms with van der Waals surface area (Å²) in [5, 5.41) is 13.5. The van der Waals surface area contributed by atoms with E-state index < -0.39 is 0 Å². The maximum Gasteiger partial charge on any atom is 0.230 e. The Balaban J connectivity index is 2.12. The van der Waals surface area contributed by atoms with Crippen LogP contribution in [0.4, 0.5) is 0 Å². The lowest BCUT2D eigenvalue weighted by atomic mass is 10.4. The molecule has 0 saturated carbocycles. The van der Waals surface area contributed by atoms with Gasteiger partial charge in [-0.2, -0.15) is 0 Å². The predicted molar refractivity (Wildman–Crippen MR) is 65.2 cm³/mol. The number of hydrogen-bond acceptors (Lipinski definition) is 4. The molecule has 3 nitrogen and oxygen atoms in total. The molecule has 0 spiro atoms. The first kappa shape index (κ1) is 12.5. The average Bonchev–Trinajstić information content (AvgIpc) is 2.70. The number of hydrogen-bond donors (Lipinski definition) is 2. The number of nitrogens with one attached hydrogen (secondary N) is 1. The molecule has 0 aliphatic carbocycles. The number of carbonyl (C=O) groups is 1. The fourth-order valence-electron chi connectivity index (χ4n) is 1.00. The number of carbonyl (C=O) groups excluding carboxylic acids is 1. The Morgan fingerprint density at radius 2 is 2.53 bits per heavy atom. The average molecular weight is 245 g/mol. The molecule has 2 N–H and O–H groups in total. The van der Waals surface area contributed by atoms with Crippen LogP contribution in [-0.4, -0.2) is 29.4 Å². The molecule has 1 aromatic heterocycles. The summed E-state index contributed by atoms with van der Waals surface area (Å²) in [5.41, 5.74) is 0. The van der Waals surface area contributed by atoms with E-state index in [1.807, 2.05) is 11.4 Å². The van der Waals surface area contributed by atoms with Crippen molar-refractivity contribution >= 4 is 29.0 Å². The molecule has 0 aliphatic heterocycles. The van der Waals surface area contributed by atoms with Gasteiger partial charge in [0.25, 0.3) is 0 Å². The first-order chi connectivity index (χ1) is 7.22. The van der Waals surface area contributed by atoms with E-state index in [9.17, 15) is 4.79 Å². The van der Waals surface area contributed by atoms with E-state index >= 15 is 0 Å². The van der Waals surface area contributed by atoms with Crippen LogP contribution in [0.25, 0.3) is 0 Å². The lowest BCUT2D eigenvalue weighted by molar-refractivity contribution is -0.119. The van der Waals surface area contributed by atoms with Crippen molar-refractivity contribution in [2.75, 3.05) is 12.4 Å². The predicted octanol–water partition coefficient (Wildman–Crippen LogP) is 1.48. The molecule has 0 fully saturated rings. The third-order valence-corrected chi connectivity index (χ3v) is 3.78. The summed E-state index contributed by atoms with van der Waals surface area (Å²) in [6.07, 6.45) is 0. The molecule has 84 valence electrons. The van der Waals surface area contributed by atoms with Crippen LogP contribution in [0.2, 0.25) is 0 Å². The Labute approximate surface area is 97.9 Å². The van der Waals surface area contributed by atoms with Crippen LogP contribution in [0.5, 0.6) is 0 Å². The normalized spacial score (nSPS) is 12.4. The topological polar surface area (TPSA) is 49.3 Å². The molecule has 1 atom stereocenters. The highest BCUT2D eigenvalue weighted by Gasteiger charge is 2.05. The van der Waals surface area contributed by atoms with Crippen molar-refractivity contribution in [1.82, 2.24) is 5.32 Å². The van der Waals surface area contributed by atoms with Gasteiger partial charge in [0.2, 0.25) is 5.91 Å². The van der Waals surface area contributed by atoms with E-state index in [4.69, 9.17) is 5.11 Å². The van der Waals surface area contributed by atoms with E-state index in [0.717, 1.165) is 5.75 Å². The summed E-state index contributed by atoms with van der Waals surface area (Å²) in [5.74, 6) is 1.30. The van der Waals surface area contributed by atoms with Crippen LogP contribution in [-0.2, 0) is 10.5 Å². The second kappa shape index (κ2) is 6.87. The molecular formula is C10H15NO2S2. The Kier molecular flexibility index (Phi) is 5.75. The number of thioether (sulfide) groups is 1. The Bertz CT molecular complexity index is 288. The third-order valence-electron chi connectivity index (χ3n) is 1.74. The number of thiophene rings is 1. The number of amides is 1. The fraction of sp³-hybridized carbons (Fsp3) is 0.500. The van der Waals surface area contributed by atoms with E-state index in [-0.39, 0.29) is 18.6 Å². The van der Waals surface area contributed by atoms with Crippen LogP contribution in [0.15, 0.2) is 17.5 Å². The van der Waals surface area contributed by atoms with Gasteiger partial charge in [0.15, 0.2) is 0 Å². The highest BCUT2D eigenvalue weighted by Crippen LogP contribution is 2.16. The Morgan fingerprint density at radius 3 is 3.13 bits per heavy atom. The molecule has 0 saturated heterocycles. The number of aliphatic hydroxyl groups is 1. The van der Waals surface area contributed by atoms with Gasteiger partial charge in [-0.15, -0.1) is 23.1 Å². The van der Waals surface area contributed by atoms with Gasteiger partial charge in [0.05, 0.1) is 12.4 Å². The van der Waals surface area contributed by atoms with Gasteiger partial charge < -0.3 is 10.4 Å². The van der Waals surface area contributed by atoms with Crippen molar-refractivity contribution in [3.05, 3.63) is 22.4 Å². The molecule has 15 heavy (non-hydrogen) atoms. The van der Waals surface area contributed by atoms with Gasteiger partial charge in [-0.3, -0.25) is 4.79 Å². The van der Waals surface area contributed by atoms with E-state index in [0.29, 0.717) is 5.75 Å². The minimum Gasteiger partial charge on any atom is -0.394 e. The van der Waals surface area contributed by atoms with E-state index in [2.05, 4.69) is 11.4 Å². The second-order valence-corrected chi connectivity index (χ2v) is 5.24. The highest BCUT2D eigenvalue weighted by molar-refractivity contribution is 7.99. The minimum absolute atomic E-state index is 0.0126. The van der Waals surface area contributed by atoms with Gasteiger partial charge in [-0.1, -0.05) is 6.07 Å². The zero-order chi connectivity index (χ0) is 11.1. The van der Waals surface area contributed by atoms with Crippen molar-refractivity contribution in [2.45, 2.75) is 18.7 Å². The Morgan fingerprint density at radius 1 is 1.73 bits per heavy atom. The lowest BCUT2D eigenvalue weighted by Gasteiger charge is -2.09. The summed E-state index contributed by atoms with van der Waals surface area (Å²) >= 11 is 3.29. The first-order valence-corrected chi connectivity index (χ1v) is 6.76. The number of rotatable bonds is 6. The summed E-state index contributed by atoms with van der Waals surface area (Å²) in [6, 6.07) is 3.92. The molecule has 1 rings (SSSR count). The summed E-state index contributed by atoms with van der Waals surface area (Å²) < 4.78 is 0. The molecule has 0 radical (unpaired) electrons. The van der Waals surface area contributed by atoms with Crippen molar-refractivity contribution < 1.29 is 9.90 Å². The van der Waals surface area contributed by atoms with E-state index in [1.54, 1.807) is 30.0 Å². The monoisotopic (exact) mass is 245 g/mol. The van der Waals surface area contributed by atoms with Crippen molar-refractivity contribution in [2.24, 2.45) is 0 Å². The van der Waals surface area contributed by atoms with Gasteiger partial charge in [-0.25, -0.2) is 0 Å². The third kappa shape index (κ3) is 5.20. The van der Waals surface area contributed by atoms with Crippen molar-refractivity contribution in [3.63, 3.8) is 0 Å². The van der Waals surface area contributed by atoms with Gasteiger partial charge in [0.1, 0.15) is 0 Å². The zero-order valence-corrected chi connectivity index (χ0v) is 10.2. The quantitative estimate of drug-likeness (QED) is 0.798. The molecule has 1 unspecified atom stereocenters. The molecule has 0 aliphatic rings. The van der Waals surface area contributed by atoms with Gasteiger partial charge >= 0.3 is 0 Å². The molecule has 1 aromatic rings. The van der Waals surface area contributed by atoms with Crippen LogP contribution >= 0.6 is 23.1 Å². The molecular weight excluding hydrogens is 230 g/mol. The minimum atomic E-state index is -0.153. The molecule has 0 aromatic carbocycles. The summed E-state index contributed by atoms with van der Waals surface area (Å²) in [7, 11) is 0. The summed E-state index contributed by atoms with van der Waals surface area (Å²) in [6.45, 7) is 1.77. The van der Waals surface area contributed by atoms with Gasteiger partial charge in [-0.05, 0) is 18.4 Å². The lowest BCUT2D eigenvalue weighted by Crippen LogP contribution is -2.36. The van der Waals surface area contributed by atoms with Gasteiger partial charge in [0, 0.05) is 16.7 Å². The maximum absolute atomic E-state index is 11.3. The maximum atomic E-state index is 11.3. The smallest absolute Gasteiger partial charge is 0.230 e. The van der Waals surface area contributed by atoms with E-state index in [1.165, 1.54) is 4.88 Å². The van der Waals surface area contributed by atoms with Crippen molar-refractivity contribution in [1.29, 1.82) is 0 Å². The van der Waals surface area contributed by atoms with Crippen LogP contribution < -0.4 is 5.32 Å². The van der Waals surface area contributed by atoms with Crippen LogP contribution in [0, 0.1) is 0 Å². The van der Waals surface area contributed by atoms with Crippen LogP contribution in [0.1, 0.15) is 11.8 Å². The zero-order valence-electron chi connectivity index (χ0n) is 8.60. The standard InChI is InChI=1S/C10H15NO2S2/c1-8(5-12)11-10(13)7-14-6-9-3-2-4-15-9/h2-4,8,12H,5-7H2,1H3,(H,11,13). The summed E-state index contributed by atoms with van der Waals surface area (Å²) in [4.78, 5) is 12.6. The molecule has 1 heterocycles. The number of aliphatic hydroxyl groups excluding tert-OH is 1. The molecule has 1 amide bonds.